The van der Waals surface area contributed by atoms with Gasteiger partial charge in [-0.3, -0.25) is 29.2 Å². The van der Waals surface area contributed by atoms with E-state index >= 15 is 0 Å². The van der Waals surface area contributed by atoms with E-state index in [1.807, 2.05) is 24.4 Å². The molecule has 1 unspecified atom stereocenters. The van der Waals surface area contributed by atoms with Crippen LogP contribution in [0.15, 0.2) is 54.7 Å². The quantitative estimate of drug-likeness (QED) is 0.148. The van der Waals surface area contributed by atoms with Crippen molar-refractivity contribution in [3.05, 3.63) is 71.5 Å². The van der Waals surface area contributed by atoms with Gasteiger partial charge in [-0.2, -0.15) is 0 Å². The maximum absolute atomic E-state index is 14.5. The van der Waals surface area contributed by atoms with Crippen molar-refractivity contribution >= 4 is 34.6 Å². The van der Waals surface area contributed by atoms with Crippen LogP contribution in [-0.4, -0.2) is 110 Å². The molecule has 2 aromatic heterocycles. The predicted molar refractivity (Wildman–Crippen MR) is 228 cm³/mol. The molecular formula is C46H60N6O8. The lowest BCUT2D eigenvalue weighted by atomic mass is 9.83. The van der Waals surface area contributed by atoms with Crippen LogP contribution in [0.2, 0.25) is 0 Å². The van der Waals surface area contributed by atoms with Gasteiger partial charge in [0.15, 0.2) is 6.10 Å². The molecule has 2 aliphatic heterocycles. The molecule has 14 heteroatoms. The number of likely N-dealkylation sites (N-methyl/N-ethyl adjacent to an activating group) is 1. The van der Waals surface area contributed by atoms with Gasteiger partial charge in [0.05, 0.1) is 24.6 Å². The first-order chi connectivity index (χ1) is 28.4. The van der Waals surface area contributed by atoms with E-state index in [0.29, 0.717) is 36.9 Å². The number of aromatic nitrogens is 2. The van der Waals surface area contributed by atoms with Crippen LogP contribution in [0.3, 0.4) is 0 Å². The minimum Gasteiger partial charge on any atom is -0.508 e. The van der Waals surface area contributed by atoms with Gasteiger partial charge in [-0.15, -0.1) is 0 Å². The number of cyclic esters (lactones) is 1. The number of ether oxygens (including phenoxy) is 1. The minimum absolute atomic E-state index is 0.0260. The zero-order valence-corrected chi connectivity index (χ0v) is 36.0. The zero-order valence-electron chi connectivity index (χ0n) is 36.0. The number of aryl methyl sites for hydroxylation is 1. The Morgan fingerprint density at radius 2 is 1.83 bits per heavy atom. The Hall–Kier alpha value is -5.31. The molecule has 0 saturated carbocycles. The fourth-order valence-electron chi connectivity index (χ4n) is 8.72. The van der Waals surface area contributed by atoms with E-state index in [9.17, 15) is 34.5 Å². The Bertz CT molecular complexity index is 2250. The lowest BCUT2D eigenvalue weighted by Gasteiger charge is -2.37. The summed E-state index contributed by atoms with van der Waals surface area (Å²) in [4.78, 5) is 61.2. The Kier molecular flexibility index (Phi) is 13.4. The molecule has 2 aliphatic rings. The number of nitrogens with zero attached hydrogens (tertiary/aromatic N) is 4. The maximum Gasteiger partial charge on any atom is 0.324 e. The van der Waals surface area contributed by atoms with Gasteiger partial charge >= 0.3 is 5.97 Å². The van der Waals surface area contributed by atoms with E-state index in [1.54, 1.807) is 26.0 Å². The van der Waals surface area contributed by atoms with Crippen LogP contribution >= 0.6 is 0 Å². The molecule has 5 N–H and O–H groups in total. The van der Waals surface area contributed by atoms with Gasteiger partial charge in [-0.1, -0.05) is 53.7 Å². The Morgan fingerprint density at radius 1 is 1.08 bits per heavy atom. The summed E-state index contributed by atoms with van der Waals surface area (Å²) in [7, 11) is 1.36. The van der Waals surface area contributed by atoms with Crippen molar-refractivity contribution in [3.8, 4) is 28.1 Å². The topological polar surface area (TPSA) is 187 Å². The molecule has 6 rings (SSSR count). The van der Waals surface area contributed by atoms with Crippen LogP contribution in [-0.2, 0) is 43.3 Å². The number of carbonyl (C=O) groups is 4. The van der Waals surface area contributed by atoms with Gasteiger partial charge in [0.2, 0.25) is 5.91 Å². The molecule has 0 spiro atoms. The van der Waals surface area contributed by atoms with Crippen LogP contribution in [0.25, 0.3) is 33.3 Å². The molecule has 1 fully saturated rings. The summed E-state index contributed by atoms with van der Waals surface area (Å²) in [5.41, 5.74) is 9.86. The zero-order chi connectivity index (χ0) is 43.6. The van der Waals surface area contributed by atoms with Crippen molar-refractivity contribution in [2.45, 2.75) is 111 Å². The molecular weight excluding hydrogens is 765 g/mol. The highest BCUT2D eigenvalue weighted by Crippen LogP contribution is 2.42. The second kappa shape index (κ2) is 18.1. The van der Waals surface area contributed by atoms with Crippen LogP contribution in [0.4, 0.5) is 0 Å². The van der Waals surface area contributed by atoms with E-state index in [4.69, 9.17) is 9.72 Å². The van der Waals surface area contributed by atoms with Crippen molar-refractivity contribution < 1.29 is 39.2 Å². The van der Waals surface area contributed by atoms with E-state index in [-0.39, 0.29) is 31.2 Å². The molecule has 0 aliphatic carbocycles. The summed E-state index contributed by atoms with van der Waals surface area (Å²) in [5, 5.41) is 36.0. The number of hydrogen-bond donors (Lipinski definition) is 5. The van der Waals surface area contributed by atoms with Crippen LogP contribution in [0, 0.1) is 11.3 Å². The third-order valence-corrected chi connectivity index (χ3v) is 11.6. The molecule has 60 heavy (non-hydrogen) atoms. The van der Waals surface area contributed by atoms with Crippen LogP contribution < -0.4 is 10.7 Å². The highest BCUT2D eigenvalue weighted by molar-refractivity contribution is 5.96. The van der Waals surface area contributed by atoms with Gasteiger partial charge in [-0.25, -0.2) is 5.43 Å². The molecule has 14 nitrogen and oxygen atoms in total. The largest absolute Gasteiger partial charge is 0.508 e. The number of carbonyl (C=O) groups excluding carboxylic acids is 4. The third kappa shape index (κ3) is 9.20. The number of aliphatic hydroxyl groups excluding tert-OH is 2. The van der Waals surface area contributed by atoms with Crippen molar-refractivity contribution in [1.82, 2.24) is 30.2 Å². The van der Waals surface area contributed by atoms with Crippen LogP contribution in [0.1, 0.15) is 84.0 Å². The molecule has 3 amide bonds. The Morgan fingerprint density at radius 3 is 2.52 bits per heavy atom. The molecule has 1 saturated heterocycles. The smallest absolute Gasteiger partial charge is 0.324 e. The van der Waals surface area contributed by atoms with Crippen molar-refractivity contribution in [3.63, 3.8) is 0 Å². The highest BCUT2D eigenvalue weighted by atomic mass is 16.5. The van der Waals surface area contributed by atoms with Gasteiger partial charge in [0.25, 0.3) is 11.8 Å². The van der Waals surface area contributed by atoms with Gasteiger partial charge in [-0.05, 0) is 96.7 Å². The standard InChI is InChI=1S/C46H60N6O8/c1-9-51-37-15-14-29-22-33(37)34(41(51)32-12-10-16-47-39(32)26(2)3)23-46(6,7)25-60-45(59)35-13-11-17-52(49-35)43(57)36(20-28-18-30(29)21-31(54)19-28)48-42(56)40(27(4)5)50(8)44(58)38(55)24-53/h10,12,14-16,18-19,21-22,26-27,35-36,38,40,49,53-55H,9,11,13,17,20,23-25H2,1-8H3,(H,48,56)/t35-,36-,38?,40-/m0/s1. The average molecular weight is 825 g/mol. The van der Waals surface area contributed by atoms with Crippen molar-refractivity contribution in [2.24, 2.45) is 11.3 Å². The molecule has 322 valence electrons. The second-order valence-electron chi connectivity index (χ2n) is 17.6. The number of hydrogen-bond acceptors (Lipinski definition) is 10. The average Bonchev–Trinajstić information content (AvgIpc) is 3.52. The van der Waals surface area contributed by atoms with E-state index in [2.05, 4.69) is 68.1 Å². The molecule has 4 aromatic rings. The molecule has 4 atom stereocenters. The Balaban J connectivity index is 1.50. The number of fused-ring (bicyclic) bond motifs is 6. The predicted octanol–water partition coefficient (Wildman–Crippen LogP) is 4.70. The number of hydrazine groups is 1. The van der Waals surface area contributed by atoms with Crippen molar-refractivity contribution in [1.29, 1.82) is 0 Å². The van der Waals surface area contributed by atoms with Gasteiger partial charge in [0, 0.05) is 54.6 Å². The monoisotopic (exact) mass is 824 g/mol. The first kappa shape index (κ1) is 44.2. The van der Waals surface area contributed by atoms with E-state index in [1.165, 1.54) is 12.1 Å². The summed E-state index contributed by atoms with van der Waals surface area (Å²) in [6.45, 7) is 14.3. The number of phenols is 1. The summed E-state index contributed by atoms with van der Waals surface area (Å²) in [5.74, 6) is -2.81. The number of aromatic hydroxyl groups is 1. The SMILES string of the molecule is CCn1c(-c2cccnc2C(C)C)c2c3cc(ccc31)-c1cc(O)cc(c1)C[C@H](NC(=O)[C@H](C(C)C)N(C)C(=O)C(O)CO)C(=O)N1CCC[C@H](N1)C(=O)OCC(C)(C)C2. The molecule has 0 radical (unpaired) electrons. The summed E-state index contributed by atoms with van der Waals surface area (Å²) in [6.07, 6.45) is 1.56. The van der Waals surface area contributed by atoms with Gasteiger partial charge in [0.1, 0.15) is 23.9 Å². The normalized spacial score (nSPS) is 19.5. The number of nitrogens with one attached hydrogen (secondary N) is 2. The number of rotatable bonds is 9. The highest BCUT2D eigenvalue weighted by Gasteiger charge is 2.38. The fourth-order valence-corrected chi connectivity index (χ4v) is 8.72. The first-order valence-electron chi connectivity index (χ1n) is 21.0. The lowest BCUT2D eigenvalue weighted by molar-refractivity contribution is -0.155. The Labute approximate surface area is 351 Å². The summed E-state index contributed by atoms with van der Waals surface area (Å²) >= 11 is 0. The number of pyridine rings is 1. The minimum atomic E-state index is -1.72. The van der Waals surface area contributed by atoms with Gasteiger partial charge < -0.3 is 34.8 Å². The number of phenolic OH excluding ortho intramolecular Hbond substituents is 1. The third-order valence-electron chi connectivity index (χ3n) is 11.6. The van der Waals surface area contributed by atoms with Crippen molar-refractivity contribution in [2.75, 3.05) is 26.8 Å². The first-order valence-corrected chi connectivity index (χ1v) is 21.0. The molecule has 4 heterocycles. The molecule has 6 bridgehead atoms. The summed E-state index contributed by atoms with van der Waals surface area (Å²) < 4.78 is 8.37. The second-order valence-corrected chi connectivity index (χ2v) is 17.6. The van der Waals surface area contributed by atoms with Crippen LogP contribution in [0.5, 0.6) is 5.75 Å². The number of amides is 3. The summed E-state index contributed by atoms with van der Waals surface area (Å²) in [6, 6.07) is 12.3. The lowest BCUT2D eigenvalue weighted by Crippen LogP contribution is -2.62. The number of benzene rings is 2. The number of aliphatic hydroxyl groups is 2. The fraction of sp³-hybridized carbons (Fsp3) is 0.500. The maximum atomic E-state index is 14.5. The molecule has 2 aromatic carbocycles. The van der Waals surface area contributed by atoms with E-state index in [0.717, 1.165) is 43.9 Å². The number of esters is 1. The van der Waals surface area contributed by atoms with E-state index < -0.39 is 65.9 Å².